The first-order chi connectivity index (χ1) is 8.62. The molecule has 1 atom stereocenters. The van der Waals surface area contributed by atoms with Crippen molar-refractivity contribution >= 4 is 5.69 Å². The van der Waals surface area contributed by atoms with E-state index < -0.39 is 0 Å². The van der Waals surface area contributed by atoms with Crippen LogP contribution in [0.4, 0.5) is 5.69 Å². The van der Waals surface area contributed by atoms with E-state index in [1.165, 1.54) is 24.1 Å². The van der Waals surface area contributed by atoms with Gasteiger partial charge in [0, 0.05) is 24.7 Å². The molecule has 0 aromatic heterocycles. The summed E-state index contributed by atoms with van der Waals surface area (Å²) >= 11 is 0. The number of fused-ring (bicyclic) bond motifs is 1. The molecule has 1 aliphatic heterocycles. The van der Waals surface area contributed by atoms with Crippen molar-refractivity contribution in [1.29, 1.82) is 0 Å². The average molecular weight is 246 g/mol. The molecular weight excluding hydrogens is 220 g/mol. The van der Waals surface area contributed by atoms with Gasteiger partial charge in [0.2, 0.25) is 0 Å². The van der Waals surface area contributed by atoms with Gasteiger partial charge in [-0.25, -0.2) is 0 Å². The summed E-state index contributed by atoms with van der Waals surface area (Å²) in [5.74, 6) is 0.679. The lowest BCUT2D eigenvalue weighted by Gasteiger charge is -2.23. The van der Waals surface area contributed by atoms with Gasteiger partial charge in [0.05, 0.1) is 0 Å². The number of nitrogens with one attached hydrogen (secondary N) is 2. The number of hydrogen-bond acceptors (Lipinski definition) is 2. The Balaban J connectivity index is 1.76. The number of rotatable bonds is 6. The first-order valence-corrected chi connectivity index (χ1v) is 7.16. The Hall–Kier alpha value is -1.02. The first-order valence-electron chi connectivity index (χ1n) is 7.16. The van der Waals surface area contributed by atoms with Crippen LogP contribution in [-0.4, -0.2) is 19.6 Å². The lowest BCUT2D eigenvalue weighted by Crippen LogP contribution is -2.30. The maximum Gasteiger partial charge on any atom is 0.0376 e. The number of hydrogen-bond donors (Lipinski definition) is 2. The Morgan fingerprint density at radius 3 is 2.89 bits per heavy atom. The summed E-state index contributed by atoms with van der Waals surface area (Å²) in [7, 11) is 0. The highest BCUT2D eigenvalue weighted by Gasteiger charge is 2.21. The van der Waals surface area contributed by atoms with Gasteiger partial charge in [0.15, 0.2) is 0 Å². The largest absolute Gasteiger partial charge is 0.384 e. The standard InChI is InChI=1S/C16H26N2/c1-4-16(2,3)12-17-10-9-13-11-18-15-8-6-5-7-14(13)15/h5-8,13,17-18H,4,9-12H2,1-3H3. The van der Waals surface area contributed by atoms with E-state index in [4.69, 9.17) is 0 Å². The monoisotopic (exact) mass is 246 g/mol. The second-order valence-electron chi connectivity index (χ2n) is 6.15. The fourth-order valence-corrected chi connectivity index (χ4v) is 2.44. The van der Waals surface area contributed by atoms with Crippen molar-refractivity contribution in [2.75, 3.05) is 25.0 Å². The van der Waals surface area contributed by atoms with Crippen LogP contribution in [0.5, 0.6) is 0 Å². The second kappa shape index (κ2) is 5.75. The van der Waals surface area contributed by atoms with Crippen LogP contribution in [0.2, 0.25) is 0 Å². The van der Waals surface area contributed by atoms with Crippen molar-refractivity contribution < 1.29 is 0 Å². The van der Waals surface area contributed by atoms with Crippen molar-refractivity contribution in [3.63, 3.8) is 0 Å². The molecule has 0 saturated carbocycles. The summed E-state index contributed by atoms with van der Waals surface area (Å²) in [5, 5.41) is 7.10. The normalized spacial score (nSPS) is 18.5. The van der Waals surface area contributed by atoms with Gasteiger partial charge in [-0.2, -0.15) is 0 Å². The molecule has 2 rings (SSSR count). The highest BCUT2D eigenvalue weighted by molar-refractivity contribution is 5.57. The Morgan fingerprint density at radius 1 is 1.33 bits per heavy atom. The first kappa shape index (κ1) is 13.4. The van der Waals surface area contributed by atoms with E-state index in [1.54, 1.807) is 0 Å². The van der Waals surface area contributed by atoms with Crippen LogP contribution in [0, 0.1) is 5.41 Å². The summed E-state index contributed by atoms with van der Waals surface area (Å²) in [4.78, 5) is 0. The zero-order chi connectivity index (χ0) is 13.0. The van der Waals surface area contributed by atoms with Gasteiger partial charge >= 0.3 is 0 Å². The van der Waals surface area contributed by atoms with Crippen LogP contribution < -0.4 is 10.6 Å². The van der Waals surface area contributed by atoms with E-state index in [9.17, 15) is 0 Å². The Kier molecular flexibility index (Phi) is 4.28. The molecular formula is C16H26N2. The van der Waals surface area contributed by atoms with E-state index >= 15 is 0 Å². The quantitative estimate of drug-likeness (QED) is 0.749. The van der Waals surface area contributed by atoms with Gasteiger partial charge in [-0.15, -0.1) is 0 Å². The summed E-state index contributed by atoms with van der Waals surface area (Å²) < 4.78 is 0. The molecule has 2 heteroatoms. The molecule has 0 bridgehead atoms. The third-order valence-electron chi connectivity index (χ3n) is 4.17. The summed E-state index contributed by atoms with van der Waals surface area (Å²) in [6.45, 7) is 10.2. The van der Waals surface area contributed by atoms with Crippen LogP contribution in [-0.2, 0) is 0 Å². The third-order valence-corrected chi connectivity index (χ3v) is 4.17. The SMILES string of the molecule is CCC(C)(C)CNCCC1CNc2ccccc21. The highest BCUT2D eigenvalue weighted by Crippen LogP contribution is 2.32. The number of para-hydroxylation sites is 1. The highest BCUT2D eigenvalue weighted by atomic mass is 14.9. The molecule has 100 valence electrons. The van der Waals surface area contributed by atoms with Crippen molar-refractivity contribution in [2.24, 2.45) is 5.41 Å². The number of benzene rings is 1. The molecule has 2 nitrogen and oxygen atoms in total. The van der Waals surface area contributed by atoms with Crippen LogP contribution in [0.1, 0.15) is 45.1 Å². The molecule has 18 heavy (non-hydrogen) atoms. The Labute approximate surface area is 111 Å². The smallest absolute Gasteiger partial charge is 0.0376 e. The zero-order valence-corrected chi connectivity index (χ0v) is 11.9. The van der Waals surface area contributed by atoms with E-state index in [2.05, 4.69) is 55.7 Å². The number of anilines is 1. The van der Waals surface area contributed by atoms with Gasteiger partial charge < -0.3 is 10.6 Å². The van der Waals surface area contributed by atoms with Gasteiger partial charge in [0.1, 0.15) is 0 Å². The molecule has 0 aliphatic carbocycles. The van der Waals surface area contributed by atoms with E-state index in [0.717, 1.165) is 19.6 Å². The van der Waals surface area contributed by atoms with E-state index in [0.29, 0.717) is 11.3 Å². The molecule has 1 aliphatic rings. The molecule has 0 radical (unpaired) electrons. The molecule has 0 amide bonds. The van der Waals surface area contributed by atoms with Crippen LogP contribution in [0.25, 0.3) is 0 Å². The van der Waals surface area contributed by atoms with Crippen molar-refractivity contribution in [3.05, 3.63) is 29.8 Å². The van der Waals surface area contributed by atoms with Gasteiger partial charge in [-0.3, -0.25) is 0 Å². The predicted molar refractivity (Wildman–Crippen MR) is 79.2 cm³/mol. The Bertz CT molecular complexity index is 384. The molecule has 1 unspecified atom stereocenters. The minimum atomic E-state index is 0.422. The van der Waals surface area contributed by atoms with E-state index in [-0.39, 0.29) is 0 Å². The minimum absolute atomic E-state index is 0.422. The van der Waals surface area contributed by atoms with Gasteiger partial charge in [-0.05, 0) is 36.4 Å². The zero-order valence-electron chi connectivity index (χ0n) is 11.9. The van der Waals surface area contributed by atoms with Gasteiger partial charge in [-0.1, -0.05) is 39.0 Å². The molecule has 1 aromatic rings. The second-order valence-corrected chi connectivity index (χ2v) is 6.15. The average Bonchev–Trinajstić information content (AvgIpc) is 2.78. The maximum atomic E-state index is 3.61. The minimum Gasteiger partial charge on any atom is -0.384 e. The van der Waals surface area contributed by atoms with Crippen molar-refractivity contribution in [2.45, 2.75) is 39.5 Å². The van der Waals surface area contributed by atoms with E-state index in [1.807, 2.05) is 0 Å². The van der Waals surface area contributed by atoms with Crippen LogP contribution in [0.3, 0.4) is 0 Å². The molecule has 1 aromatic carbocycles. The fourth-order valence-electron chi connectivity index (χ4n) is 2.44. The maximum absolute atomic E-state index is 3.61. The van der Waals surface area contributed by atoms with Crippen LogP contribution in [0.15, 0.2) is 24.3 Å². The molecule has 1 heterocycles. The Morgan fingerprint density at radius 2 is 2.11 bits per heavy atom. The van der Waals surface area contributed by atoms with Gasteiger partial charge in [0.25, 0.3) is 0 Å². The van der Waals surface area contributed by atoms with Crippen molar-refractivity contribution in [3.8, 4) is 0 Å². The summed E-state index contributed by atoms with van der Waals surface area (Å²) in [5.41, 5.74) is 3.25. The lowest BCUT2D eigenvalue weighted by atomic mass is 9.90. The fraction of sp³-hybridized carbons (Fsp3) is 0.625. The third kappa shape index (κ3) is 3.26. The predicted octanol–water partition coefficient (Wildman–Crippen LogP) is 3.61. The molecule has 0 spiro atoms. The molecule has 2 N–H and O–H groups in total. The topological polar surface area (TPSA) is 24.1 Å². The molecule has 0 fully saturated rings. The summed E-state index contributed by atoms with van der Waals surface area (Å²) in [6.07, 6.45) is 2.46. The summed E-state index contributed by atoms with van der Waals surface area (Å²) in [6, 6.07) is 8.70. The lowest BCUT2D eigenvalue weighted by molar-refractivity contribution is 0.326. The van der Waals surface area contributed by atoms with Crippen LogP contribution >= 0.6 is 0 Å². The molecule has 0 saturated heterocycles. The van der Waals surface area contributed by atoms with Crippen molar-refractivity contribution in [1.82, 2.24) is 5.32 Å².